The first kappa shape index (κ1) is 15.0. The molecular formula is C16H22N2OS. The van der Waals surface area contributed by atoms with E-state index in [-0.39, 0.29) is 0 Å². The second kappa shape index (κ2) is 7.41. The number of ether oxygens (including phenoxy) is 1. The number of nitrogens with one attached hydrogen (secondary N) is 1. The maximum Gasteiger partial charge on any atom is 0.138 e. The van der Waals surface area contributed by atoms with E-state index in [1.165, 1.54) is 9.75 Å². The van der Waals surface area contributed by atoms with Crippen molar-refractivity contribution < 1.29 is 4.74 Å². The standard InChI is InChI=1S/C16H22N2OS/c1-4-15-7-8-16(20-15)11-19-14-6-5-13(18-10-14)9-17-12(2)3/h5-8,10,12,17H,4,9,11H2,1-3H3. The summed E-state index contributed by atoms with van der Waals surface area (Å²) in [6.07, 6.45) is 2.88. The van der Waals surface area contributed by atoms with E-state index in [0.29, 0.717) is 12.6 Å². The van der Waals surface area contributed by atoms with Gasteiger partial charge in [0.2, 0.25) is 0 Å². The molecule has 0 aliphatic heterocycles. The minimum absolute atomic E-state index is 0.472. The molecule has 3 nitrogen and oxygen atoms in total. The van der Waals surface area contributed by atoms with Gasteiger partial charge in [0.05, 0.1) is 11.9 Å². The lowest BCUT2D eigenvalue weighted by molar-refractivity contribution is 0.308. The summed E-state index contributed by atoms with van der Waals surface area (Å²) >= 11 is 1.81. The van der Waals surface area contributed by atoms with Crippen LogP contribution in [0.3, 0.4) is 0 Å². The molecule has 0 spiro atoms. The maximum absolute atomic E-state index is 5.76. The van der Waals surface area contributed by atoms with Gasteiger partial charge in [-0.1, -0.05) is 20.8 Å². The monoisotopic (exact) mass is 290 g/mol. The molecule has 20 heavy (non-hydrogen) atoms. The summed E-state index contributed by atoms with van der Waals surface area (Å²) in [6.45, 7) is 7.84. The molecule has 0 atom stereocenters. The molecule has 2 heterocycles. The van der Waals surface area contributed by atoms with E-state index in [0.717, 1.165) is 24.4 Å². The number of rotatable bonds is 7. The average molecular weight is 290 g/mol. The molecule has 0 fully saturated rings. The van der Waals surface area contributed by atoms with Gasteiger partial charge in [-0.2, -0.15) is 0 Å². The first-order chi connectivity index (χ1) is 9.67. The molecule has 0 unspecified atom stereocenters. The zero-order valence-corrected chi connectivity index (χ0v) is 13.2. The quantitative estimate of drug-likeness (QED) is 0.842. The van der Waals surface area contributed by atoms with Crippen LogP contribution in [0.25, 0.3) is 0 Å². The van der Waals surface area contributed by atoms with Gasteiger partial charge in [0, 0.05) is 22.3 Å². The van der Waals surface area contributed by atoms with Gasteiger partial charge in [0.15, 0.2) is 0 Å². The Morgan fingerprint density at radius 2 is 2.00 bits per heavy atom. The van der Waals surface area contributed by atoms with Gasteiger partial charge in [0.25, 0.3) is 0 Å². The number of thiophene rings is 1. The van der Waals surface area contributed by atoms with Crippen molar-refractivity contribution in [1.82, 2.24) is 10.3 Å². The van der Waals surface area contributed by atoms with Crippen LogP contribution >= 0.6 is 11.3 Å². The van der Waals surface area contributed by atoms with Crippen molar-refractivity contribution in [2.45, 2.75) is 46.4 Å². The Morgan fingerprint density at radius 1 is 1.20 bits per heavy atom. The third kappa shape index (κ3) is 4.62. The van der Waals surface area contributed by atoms with E-state index >= 15 is 0 Å². The molecule has 2 rings (SSSR count). The molecule has 1 N–H and O–H groups in total. The van der Waals surface area contributed by atoms with Gasteiger partial charge in [-0.25, -0.2) is 0 Å². The highest BCUT2D eigenvalue weighted by Gasteiger charge is 2.01. The summed E-state index contributed by atoms with van der Waals surface area (Å²) in [6, 6.07) is 8.77. The number of aromatic nitrogens is 1. The largest absolute Gasteiger partial charge is 0.486 e. The second-order valence-corrected chi connectivity index (χ2v) is 6.28. The summed E-state index contributed by atoms with van der Waals surface area (Å²) in [5.41, 5.74) is 1.04. The van der Waals surface area contributed by atoms with Crippen molar-refractivity contribution in [3.05, 3.63) is 45.9 Å². The van der Waals surface area contributed by atoms with E-state index in [1.54, 1.807) is 6.20 Å². The van der Waals surface area contributed by atoms with Gasteiger partial charge in [-0.05, 0) is 30.7 Å². The molecule has 0 aliphatic rings. The molecule has 0 bridgehead atoms. The summed E-state index contributed by atoms with van der Waals surface area (Å²) in [5, 5.41) is 3.35. The van der Waals surface area contributed by atoms with Crippen LogP contribution in [0.2, 0.25) is 0 Å². The summed E-state index contributed by atoms with van der Waals surface area (Å²) in [7, 11) is 0. The third-order valence-corrected chi connectivity index (χ3v) is 4.14. The van der Waals surface area contributed by atoms with Crippen molar-refractivity contribution in [3.8, 4) is 5.75 Å². The van der Waals surface area contributed by atoms with Crippen LogP contribution in [0.5, 0.6) is 5.75 Å². The van der Waals surface area contributed by atoms with Crippen LogP contribution in [-0.2, 0) is 19.6 Å². The number of aryl methyl sites for hydroxylation is 1. The second-order valence-electron chi connectivity index (χ2n) is 5.03. The Labute approximate surface area is 125 Å². The molecule has 4 heteroatoms. The lowest BCUT2D eigenvalue weighted by Gasteiger charge is -2.08. The summed E-state index contributed by atoms with van der Waals surface area (Å²) in [5.74, 6) is 0.824. The zero-order chi connectivity index (χ0) is 14.4. The lowest BCUT2D eigenvalue weighted by atomic mass is 10.3. The molecule has 0 saturated heterocycles. The van der Waals surface area contributed by atoms with Crippen LogP contribution in [0.4, 0.5) is 0 Å². The Balaban J connectivity index is 1.84. The van der Waals surface area contributed by atoms with Crippen molar-refractivity contribution in [2.24, 2.45) is 0 Å². The van der Waals surface area contributed by atoms with Crippen molar-refractivity contribution in [3.63, 3.8) is 0 Å². The highest BCUT2D eigenvalue weighted by Crippen LogP contribution is 2.19. The van der Waals surface area contributed by atoms with E-state index in [9.17, 15) is 0 Å². The first-order valence-corrected chi connectivity index (χ1v) is 7.87. The summed E-state index contributed by atoms with van der Waals surface area (Å²) < 4.78 is 5.76. The first-order valence-electron chi connectivity index (χ1n) is 7.06. The highest BCUT2D eigenvalue weighted by molar-refractivity contribution is 7.11. The van der Waals surface area contributed by atoms with E-state index in [2.05, 4.69) is 43.2 Å². The molecule has 0 radical (unpaired) electrons. The summed E-state index contributed by atoms with van der Waals surface area (Å²) in [4.78, 5) is 7.06. The smallest absolute Gasteiger partial charge is 0.138 e. The fourth-order valence-corrected chi connectivity index (χ4v) is 2.63. The molecule has 0 aliphatic carbocycles. The van der Waals surface area contributed by atoms with Gasteiger partial charge >= 0.3 is 0 Å². The van der Waals surface area contributed by atoms with Gasteiger partial charge < -0.3 is 10.1 Å². The van der Waals surface area contributed by atoms with Crippen LogP contribution in [0, 0.1) is 0 Å². The molecule has 2 aromatic rings. The van der Waals surface area contributed by atoms with Gasteiger partial charge in [-0.3, -0.25) is 4.98 Å². The molecule has 0 amide bonds. The Morgan fingerprint density at radius 3 is 2.60 bits per heavy atom. The van der Waals surface area contributed by atoms with Crippen LogP contribution in [-0.4, -0.2) is 11.0 Å². The Bertz CT molecular complexity index is 520. The van der Waals surface area contributed by atoms with E-state index < -0.39 is 0 Å². The number of nitrogens with zero attached hydrogens (tertiary/aromatic N) is 1. The van der Waals surface area contributed by atoms with E-state index in [1.807, 2.05) is 23.5 Å². The Kier molecular flexibility index (Phi) is 5.56. The normalized spacial score (nSPS) is 11.0. The van der Waals surface area contributed by atoms with Crippen LogP contribution in [0.1, 0.15) is 36.2 Å². The van der Waals surface area contributed by atoms with Crippen molar-refractivity contribution in [1.29, 1.82) is 0 Å². The molecule has 108 valence electrons. The number of pyridine rings is 1. The van der Waals surface area contributed by atoms with Crippen molar-refractivity contribution >= 4 is 11.3 Å². The predicted molar refractivity (Wildman–Crippen MR) is 84.2 cm³/mol. The average Bonchev–Trinajstić information content (AvgIpc) is 2.92. The van der Waals surface area contributed by atoms with Gasteiger partial charge in [0.1, 0.15) is 12.4 Å². The van der Waals surface area contributed by atoms with Crippen LogP contribution in [0.15, 0.2) is 30.5 Å². The molecule has 0 aromatic carbocycles. The third-order valence-electron chi connectivity index (χ3n) is 2.94. The van der Waals surface area contributed by atoms with Crippen molar-refractivity contribution in [2.75, 3.05) is 0 Å². The number of hydrogen-bond donors (Lipinski definition) is 1. The molecular weight excluding hydrogens is 268 g/mol. The predicted octanol–water partition coefficient (Wildman–Crippen LogP) is 3.78. The molecule has 2 aromatic heterocycles. The fourth-order valence-electron chi connectivity index (χ4n) is 1.75. The zero-order valence-electron chi connectivity index (χ0n) is 12.3. The Hall–Kier alpha value is -1.39. The maximum atomic E-state index is 5.76. The minimum atomic E-state index is 0.472. The van der Waals surface area contributed by atoms with Gasteiger partial charge in [-0.15, -0.1) is 11.3 Å². The topological polar surface area (TPSA) is 34.1 Å². The fraction of sp³-hybridized carbons (Fsp3) is 0.438. The minimum Gasteiger partial charge on any atom is -0.486 e. The SMILES string of the molecule is CCc1ccc(COc2ccc(CNC(C)C)nc2)s1. The number of hydrogen-bond acceptors (Lipinski definition) is 4. The lowest BCUT2D eigenvalue weighted by Crippen LogP contribution is -2.22. The van der Waals surface area contributed by atoms with Crippen LogP contribution < -0.4 is 10.1 Å². The van der Waals surface area contributed by atoms with E-state index in [4.69, 9.17) is 4.74 Å². The highest BCUT2D eigenvalue weighted by atomic mass is 32.1. The molecule has 0 saturated carbocycles.